The third-order valence-corrected chi connectivity index (χ3v) is 2.15. The summed E-state index contributed by atoms with van der Waals surface area (Å²) in [5.74, 6) is 0. The van der Waals surface area contributed by atoms with Crippen LogP contribution in [0.1, 0.15) is 11.7 Å². The molecule has 1 amide bonds. The first kappa shape index (κ1) is 8.31. The molecule has 1 fully saturated rings. The van der Waals surface area contributed by atoms with E-state index in [1.807, 2.05) is 0 Å². The van der Waals surface area contributed by atoms with Crippen LogP contribution in [0.2, 0.25) is 5.02 Å². The van der Waals surface area contributed by atoms with E-state index in [0.717, 1.165) is 5.56 Å². The summed E-state index contributed by atoms with van der Waals surface area (Å²) in [5.41, 5.74) is 0.787. The summed E-state index contributed by atoms with van der Waals surface area (Å²) in [6.07, 6.45) is 2.46. The topological polar surface area (TPSA) is 51.2 Å². The summed E-state index contributed by atoms with van der Waals surface area (Å²) in [4.78, 5) is 14.6. The maximum absolute atomic E-state index is 10.7. The van der Waals surface area contributed by atoms with Crippen molar-refractivity contribution >= 4 is 17.7 Å². The molecule has 0 aromatic carbocycles. The average Bonchev–Trinajstić information content (AvgIpc) is 2.53. The number of carbonyl (C=O) groups excluding carboxylic acids is 1. The van der Waals surface area contributed by atoms with Crippen LogP contribution in [-0.2, 0) is 4.74 Å². The standard InChI is InChI=1S/C8H7ClN2O2/c9-6-3-10-2-1-5(6)7-4-11-8(12)13-7/h1-3,7H,4H2,(H,11,12). The van der Waals surface area contributed by atoms with Gasteiger partial charge in [0.25, 0.3) is 0 Å². The molecule has 0 aliphatic carbocycles. The number of nitrogens with one attached hydrogen (secondary N) is 1. The zero-order valence-electron chi connectivity index (χ0n) is 6.66. The maximum Gasteiger partial charge on any atom is 0.407 e. The minimum absolute atomic E-state index is 0.289. The summed E-state index contributed by atoms with van der Waals surface area (Å²) in [5, 5.41) is 3.07. The fourth-order valence-electron chi connectivity index (χ4n) is 1.21. The van der Waals surface area contributed by atoms with Crippen molar-refractivity contribution in [2.75, 3.05) is 6.54 Å². The molecule has 1 unspecified atom stereocenters. The molecule has 1 N–H and O–H groups in total. The van der Waals surface area contributed by atoms with Crippen LogP contribution in [0.4, 0.5) is 4.79 Å². The Balaban J connectivity index is 2.26. The van der Waals surface area contributed by atoms with Gasteiger partial charge >= 0.3 is 6.09 Å². The SMILES string of the molecule is O=C1NCC(c2ccncc2Cl)O1. The molecule has 1 aromatic rings. The van der Waals surface area contributed by atoms with Gasteiger partial charge in [-0.1, -0.05) is 11.6 Å². The smallest absolute Gasteiger partial charge is 0.407 e. The molecule has 4 nitrogen and oxygen atoms in total. The van der Waals surface area contributed by atoms with Crippen LogP contribution in [0, 0.1) is 0 Å². The lowest BCUT2D eigenvalue weighted by Gasteiger charge is -2.08. The molecule has 0 saturated carbocycles. The highest BCUT2D eigenvalue weighted by Crippen LogP contribution is 2.26. The van der Waals surface area contributed by atoms with E-state index in [0.29, 0.717) is 11.6 Å². The number of alkyl carbamates (subject to hydrolysis) is 1. The Labute approximate surface area is 79.9 Å². The molecule has 68 valence electrons. The van der Waals surface area contributed by atoms with Crippen molar-refractivity contribution in [2.45, 2.75) is 6.10 Å². The van der Waals surface area contributed by atoms with Gasteiger partial charge in [0.15, 0.2) is 0 Å². The maximum atomic E-state index is 10.7. The van der Waals surface area contributed by atoms with Gasteiger partial charge in [-0.05, 0) is 6.07 Å². The van der Waals surface area contributed by atoms with E-state index >= 15 is 0 Å². The molecule has 13 heavy (non-hydrogen) atoms. The lowest BCUT2D eigenvalue weighted by Crippen LogP contribution is -2.12. The van der Waals surface area contributed by atoms with Crippen molar-refractivity contribution < 1.29 is 9.53 Å². The van der Waals surface area contributed by atoms with Gasteiger partial charge in [0.2, 0.25) is 0 Å². The van der Waals surface area contributed by atoms with E-state index in [2.05, 4.69) is 10.3 Å². The van der Waals surface area contributed by atoms with E-state index in [1.165, 1.54) is 6.20 Å². The van der Waals surface area contributed by atoms with Crippen LogP contribution in [0.15, 0.2) is 18.5 Å². The third kappa shape index (κ3) is 1.58. The Hall–Kier alpha value is -1.29. The predicted octanol–water partition coefficient (Wildman–Crippen LogP) is 1.52. The second kappa shape index (κ2) is 3.22. The van der Waals surface area contributed by atoms with Crippen LogP contribution < -0.4 is 5.32 Å². The highest BCUT2D eigenvalue weighted by atomic mass is 35.5. The zero-order valence-corrected chi connectivity index (χ0v) is 7.41. The van der Waals surface area contributed by atoms with Crippen molar-refractivity contribution in [3.8, 4) is 0 Å². The van der Waals surface area contributed by atoms with Gasteiger partial charge in [-0.2, -0.15) is 0 Å². The van der Waals surface area contributed by atoms with Crippen LogP contribution in [-0.4, -0.2) is 17.6 Å². The molecule has 5 heteroatoms. The molecular weight excluding hydrogens is 192 g/mol. The number of hydrogen-bond acceptors (Lipinski definition) is 3. The lowest BCUT2D eigenvalue weighted by atomic mass is 10.1. The second-order valence-corrected chi connectivity index (χ2v) is 3.08. The molecule has 2 heterocycles. The summed E-state index contributed by atoms with van der Waals surface area (Å²) < 4.78 is 4.97. The first-order chi connectivity index (χ1) is 6.27. The van der Waals surface area contributed by atoms with E-state index in [4.69, 9.17) is 16.3 Å². The summed E-state index contributed by atoms with van der Waals surface area (Å²) in [7, 11) is 0. The summed E-state index contributed by atoms with van der Waals surface area (Å²) >= 11 is 5.87. The first-order valence-electron chi connectivity index (χ1n) is 3.81. The predicted molar refractivity (Wildman–Crippen MR) is 46.5 cm³/mol. The number of amides is 1. The number of ether oxygens (including phenoxy) is 1. The van der Waals surface area contributed by atoms with E-state index in [1.54, 1.807) is 12.3 Å². The number of pyridine rings is 1. The van der Waals surface area contributed by atoms with E-state index < -0.39 is 6.09 Å². The molecular formula is C8H7ClN2O2. The molecule has 0 bridgehead atoms. The normalized spacial score (nSPS) is 21.0. The number of aromatic nitrogens is 1. The van der Waals surface area contributed by atoms with E-state index in [9.17, 15) is 4.79 Å². The van der Waals surface area contributed by atoms with Crippen molar-refractivity contribution in [1.82, 2.24) is 10.3 Å². The van der Waals surface area contributed by atoms with Crippen molar-refractivity contribution in [1.29, 1.82) is 0 Å². The molecule has 2 rings (SSSR count). The van der Waals surface area contributed by atoms with Gasteiger partial charge in [-0.15, -0.1) is 0 Å². The molecule has 1 atom stereocenters. The number of halogens is 1. The number of rotatable bonds is 1. The lowest BCUT2D eigenvalue weighted by molar-refractivity contribution is 0.141. The first-order valence-corrected chi connectivity index (χ1v) is 4.19. The monoisotopic (exact) mass is 198 g/mol. The van der Waals surface area contributed by atoms with Crippen molar-refractivity contribution in [2.24, 2.45) is 0 Å². The Morgan fingerprint density at radius 3 is 3.15 bits per heavy atom. The molecule has 0 spiro atoms. The van der Waals surface area contributed by atoms with Crippen molar-refractivity contribution in [3.63, 3.8) is 0 Å². The third-order valence-electron chi connectivity index (χ3n) is 1.83. The second-order valence-electron chi connectivity index (χ2n) is 2.67. The van der Waals surface area contributed by atoms with Crippen LogP contribution >= 0.6 is 11.6 Å². The van der Waals surface area contributed by atoms with Gasteiger partial charge in [0, 0.05) is 18.0 Å². The molecule has 1 aromatic heterocycles. The quantitative estimate of drug-likeness (QED) is 0.744. The minimum atomic E-state index is -0.405. The van der Waals surface area contributed by atoms with Crippen LogP contribution in [0.5, 0.6) is 0 Å². The Bertz CT molecular complexity index is 343. The highest BCUT2D eigenvalue weighted by molar-refractivity contribution is 6.31. The van der Waals surface area contributed by atoms with Gasteiger partial charge < -0.3 is 10.1 Å². The average molecular weight is 199 g/mol. The minimum Gasteiger partial charge on any atom is -0.439 e. The van der Waals surface area contributed by atoms with Crippen molar-refractivity contribution in [3.05, 3.63) is 29.0 Å². The van der Waals surface area contributed by atoms with Crippen LogP contribution in [0.25, 0.3) is 0 Å². The summed E-state index contributed by atoms with van der Waals surface area (Å²) in [6, 6.07) is 1.74. The largest absolute Gasteiger partial charge is 0.439 e. The van der Waals surface area contributed by atoms with Gasteiger partial charge in [-0.3, -0.25) is 4.98 Å². The molecule has 1 aliphatic heterocycles. The highest BCUT2D eigenvalue weighted by Gasteiger charge is 2.25. The zero-order chi connectivity index (χ0) is 9.26. The van der Waals surface area contributed by atoms with E-state index in [-0.39, 0.29) is 6.10 Å². The Morgan fingerprint density at radius 2 is 2.54 bits per heavy atom. The van der Waals surface area contributed by atoms with Crippen LogP contribution in [0.3, 0.4) is 0 Å². The molecule has 0 radical (unpaired) electrons. The van der Waals surface area contributed by atoms with Gasteiger partial charge in [0.1, 0.15) is 6.10 Å². The molecule has 1 saturated heterocycles. The number of cyclic esters (lactones) is 1. The fraction of sp³-hybridized carbons (Fsp3) is 0.250. The number of nitrogens with zero attached hydrogens (tertiary/aromatic N) is 1. The van der Waals surface area contributed by atoms with Gasteiger partial charge in [-0.25, -0.2) is 4.79 Å². The number of carbonyl (C=O) groups is 1. The Morgan fingerprint density at radius 1 is 1.69 bits per heavy atom. The summed E-state index contributed by atoms with van der Waals surface area (Å²) in [6.45, 7) is 0.461. The van der Waals surface area contributed by atoms with Gasteiger partial charge in [0.05, 0.1) is 11.6 Å². The number of hydrogen-bond donors (Lipinski definition) is 1. The molecule has 1 aliphatic rings. The Kier molecular flexibility index (Phi) is 2.06. The fourth-order valence-corrected chi connectivity index (χ4v) is 1.45.